The molecule has 0 radical (unpaired) electrons. The first kappa shape index (κ1) is 22.3. The van der Waals surface area contributed by atoms with Crippen LogP contribution < -0.4 is 15.5 Å². The van der Waals surface area contributed by atoms with Crippen molar-refractivity contribution < 1.29 is 14.4 Å². The average molecular weight is 460 g/mol. The van der Waals surface area contributed by atoms with Gasteiger partial charge >= 0.3 is 0 Å². The van der Waals surface area contributed by atoms with Crippen molar-refractivity contribution in [2.45, 2.75) is 20.8 Å². The van der Waals surface area contributed by atoms with Crippen molar-refractivity contribution in [3.63, 3.8) is 0 Å². The Morgan fingerprint density at radius 3 is 2.18 bits per heavy atom. The molecule has 0 fully saturated rings. The number of carbonyl (C=O) groups excluding carboxylic acids is 3. The number of aryl methyl sites for hydroxylation is 2. The molecule has 7 heteroatoms. The number of rotatable bonds is 5. The van der Waals surface area contributed by atoms with Gasteiger partial charge in [0, 0.05) is 23.3 Å². The molecule has 33 heavy (non-hydrogen) atoms. The minimum absolute atomic E-state index is 0.165. The van der Waals surface area contributed by atoms with Crippen LogP contribution in [0, 0.1) is 13.8 Å². The summed E-state index contributed by atoms with van der Waals surface area (Å²) >= 11 is 6.17. The maximum atomic E-state index is 13.5. The van der Waals surface area contributed by atoms with Crippen LogP contribution in [-0.2, 0) is 14.4 Å². The van der Waals surface area contributed by atoms with E-state index in [1.165, 1.54) is 11.8 Å². The summed E-state index contributed by atoms with van der Waals surface area (Å²) in [6.45, 7) is 5.25. The maximum Gasteiger partial charge on any atom is 0.282 e. The first-order valence-electron chi connectivity index (χ1n) is 10.4. The highest BCUT2D eigenvalue weighted by Gasteiger charge is 2.40. The average Bonchev–Trinajstić information content (AvgIpc) is 3.01. The van der Waals surface area contributed by atoms with Crippen molar-refractivity contribution in [1.29, 1.82) is 0 Å². The predicted molar refractivity (Wildman–Crippen MR) is 131 cm³/mol. The quantitative estimate of drug-likeness (QED) is 0.507. The normalized spacial score (nSPS) is 13.5. The van der Waals surface area contributed by atoms with E-state index < -0.39 is 11.8 Å². The molecule has 1 aliphatic rings. The first-order chi connectivity index (χ1) is 15.7. The Balaban J connectivity index is 1.81. The third-order valence-corrected chi connectivity index (χ3v) is 5.56. The molecule has 3 amide bonds. The van der Waals surface area contributed by atoms with E-state index in [2.05, 4.69) is 10.6 Å². The molecule has 1 aliphatic heterocycles. The maximum absolute atomic E-state index is 13.5. The number of imide groups is 1. The molecule has 166 valence electrons. The second kappa shape index (κ2) is 8.92. The van der Waals surface area contributed by atoms with E-state index in [-0.39, 0.29) is 17.2 Å². The fourth-order valence-corrected chi connectivity index (χ4v) is 3.80. The summed E-state index contributed by atoms with van der Waals surface area (Å²) in [6.07, 6.45) is 0. The smallest absolute Gasteiger partial charge is 0.282 e. The zero-order chi connectivity index (χ0) is 23.7. The number of halogens is 1. The van der Waals surface area contributed by atoms with Crippen LogP contribution in [0.5, 0.6) is 0 Å². The van der Waals surface area contributed by atoms with Crippen LogP contribution in [0.25, 0.3) is 5.57 Å². The Hall–Kier alpha value is -3.90. The van der Waals surface area contributed by atoms with Gasteiger partial charge in [0.2, 0.25) is 5.91 Å². The SMILES string of the molecule is CC(=O)Nc1ccc(C2=C(Nc3cc(Cl)ccc3C)C(=O)N(c3ccc(C)cc3)C2=O)cc1. The molecule has 2 N–H and O–H groups in total. The largest absolute Gasteiger partial charge is 0.350 e. The number of hydrogen-bond acceptors (Lipinski definition) is 4. The molecule has 0 aliphatic carbocycles. The number of hydrogen-bond donors (Lipinski definition) is 2. The van der Waals surface area contributed by atoms with Crippen molar-refractivity contribution in [3.8, 4) is 0 Å². The molecule has 6 nitrogen and oxygen atoms in total. The first-order valence-corrected chi connectivity index (χ1v) is 10.7. The molecule has 0 unspecified atom stereocenters. The number of nitrogens with one attached hydrogen (secondary N) is 2. The summed E-state index contributed by atoms with van der Waals surface area (Å²) in [5.74, 6) is -1.08. The van der Waals surface area contributed by atoms with E-state index in [4.69, 9.17) is 11.6 Å². The number of amides is 3. The summed E-state index contributed by atoms with van der Waals surface area (Å²) in [7, 11) is 0. The molecule has 0 bridgehead atoms. The standard InChI is InChI=1S/C26H22ClN3O3/c1-15-4-12-21(13-5-15)30-25(32)23(18-7-10-20(11-8-18)28-17(3)31)24(26(30)33)29-22-14-19(27)9-6-16(22)2/h4-14,29H,1-3H3,(H,28,31). The Labute approximate surface area is 196 Å². The molecule has 4 rings (SSSR count). The van der Waals surface area contributed by atoms with E-state index in [1.54, 1.807) is 48.5 Å². The number of benzene rings is 3. The van der Waals surface area contributed by atoms with Gasteiger partial charge in [-0.05, 0) is 61.4 Å². The third kappa shape index (κ3) is 4.52. The van der Waals surface area contributed by atoms with Crippen LogP contribution in [0.3, 0.4) is 0 Å². The van der Waals surface area contributed by atoms with Crippen molar-refractivity contribution in [2.75, 3.05) is 15.5 Å². The Morgan fingerprint density at radius 1 is 0.879 bits per heavy atom. The van der Waals surface area contributed by atoms with Gasteiger partial charge in [-0.1, -0.05) is 47.5 Å². The molecular weight excluding hydrogens is 438 g/mol. The predicted octanol–water partition coefficient (Wildman–Crippen LogP) is 5.31. The minimum atomic E-state index is -0.454. The van der Waals surface area contributed by atoms with Gasteiger partial charge in [-0.15, -0.1) is 0 Å². The highest BCUT2D eigenvalue weighted by atomic mass is 35.5. The van der Waals surface area contributed by atoms with Gasteiger partial charge in [-0.2, -0.15) is 0 Å². The van der Waals surface area contributed by atoms with Gasteiger partial charge in [-0.3, -0.25) is 14.4 Å². The molecule has 0 aromatic heterocycles. The summed E-state index contributed by atoms with van der Waals surface area (Å²) in [4.78, 5) is 39.5. The van der Waals surface area contributed by atoms with Crippen molar-refractivity contribution in [1.82, 2.24) is 0 Å². The Bertz CT molecular complexity index is 1300. The fraction of sp³-hybridized carbons (Fsp3) is 0.115. The number of carbonyl (C=O) groups is 3. The highest BCUT2D eigenvalue weighted by molar-refractivity contribution is 6.46. The van der Waals surface area contributed by atoms with Crippen molar-refractivity contribution >= 4 is 52.0 Å². The van der Waals surface area contributed by atoms with Gasteiger partial charge < -0.3 is 10.6 Å². The van der Waals surface area contributed by atoms with Crippen LogP contribution in [0.15, 0.2) is 72.4 Å². The monoisotopic (exact) mass is 459 g/mol. The van der Waals surface area contributed by atoms with Gasteiger partial charge in [0.25, 0.3) is 11.8 Å². The van der Waals surface area contributed by atoms with E-state index in [1.807, 2.05) is 32.0 Å². The highest BCUT2D eigenvalue weighted by Crippen LogP contribution is 2.35. The van der Waals surface area contributed by atoms with Gasteiger partial charge in [0.15, 0.2) is 0 Å². The second-order valence-corrected chi connectivity index (χ2v) is 8.31. The Kier molecular flexibility index (Phi) is 6.03. The molecule has 0 saturated heterocycles. The van der Waals surface area contributed by atoms with Crippen molar-refractivity contribution in [3.05, 3.63) is 94.1 Å². The molecule has 0 spiro atoms. The van der Waals surface area contributed by atoms with E-state index in [0.29, 0.717) is 27.6 Å². The van der Waals surface area contributed by atoms with E-state index >= 15 is 0 Å². The van der Waals surface area contributed by atoms with Crippen LogP contribution in [0.4, 0.5) is 17.1 Å². The second-order valence-electron chi connectivity index (χ2n) is 7.87. The zero-order valence-electron chi connectivity index (χ0n) is 18.4. The van der Waals surface area contributed by atoms with Crippen LogP contribution in [0.1, 0.15) is 23.6 Å². The summed E-state index contributed by atoms with van der Waals surface area (Å²) in [5, 5.41) is 6.36. The zero-order valence-corrected chi connectivity index (χ0v) is 19.2. The minimum Gasteiger partial charge on any atom is -0.350 e. The molecule has 0 saturated carbocycles. The summed E-state index contributed by atoms with van der Waals surface area (Å²) in [6, 6.07) is 19.3. The fourth-order valence-electron chi connectivity index (χ4n) is 3.63. The van der Waals surface area contributed by atoms with Gasteiger partial charge in [0.1, 0.15) is 5.70 Å². The van der Waals surface area contributed by atoms with Gasteiger partial charge in [-0.25, -0.2) is 4.90 Å². The van der Waals surface area contributed by atoms with Crippen LogP contribution in [0.2, 0.25) is 5.02 Å². The molecule has 1 heterocycles. The van der Waals surface area contributed by atoms with Crippen LogP contribution >= 0.6 is 11.6 Å². The lowest BCUT2D eigenvalue weighted by molar-refractivity contribution is -0.120. The van der Waals surface area contributed by atoms with Gasteiger partial charge in [0.05, 0.1) is 11.3 Å². The topological polar surface area (TPSA) is 78.5 Å². The van der Waals surface area contributed by atoms with Crippen molar-refractivity contribution in [2.24, 2.45) is 0 Å². The summed E-state index contributed by atoms with van der Waals surface area (Å²) < 4.78 is 0. The van der Waals surface area contributed by atoms with E-state index in [9.17, 15) is 14.4 Å². The number of anilines is 3. The lowest BCUT2D eigenvalue weighted by Gasteiger charge is -2.16. The summed E-state index contributed by atoms with van der Waals surface area (Å²) in [5.41, 5.74) is 4.58. The molecular formula is C26H22ClN3O3. The van der Waals surface area contributed by atoms with Crippen LogP contribution in [-0.4, -0.2) is 17.7 Å². The molecule has 3 aromatic rings. The molecule has 0 atom stereocenters. The lowest BCUT2D eigenvalue weighted by atomic mass is 10.0. The Morgan fingerprint density at radius 2 is 1.55 bits per heavy atom. The van der Waals surface area contributed by atoms with E-state index in [0.717, 1.165) is 11.1 Å². The third-order valence-electron chi connectivity index (χ3n) is 5.33. The molecule has 3 aromatic carbocycles. The number of nitrogens with zero attached hydrogens (tertiary/aromatic N) is 1. The lowest BCUT2D eigenvalue weighted by Crippen LogP contribution is -2.32.